The summed E-state index contributed by atoms with van der Waals surface area (Å²) in [6.45, 7) is 6.75. The zero-order valence-corrected chi connectivity index (χ0v) is 12.8. The summed E-state index contributed by atoms with van der Waals surface area (Å²) in [7, 11) is 0. The molecule has 0 heterocycles. The molecule has 0 saturated carbocycles. The molecule has 0 radical (unpaired) electrons. The monoisotopic (exact) mass is 285 g/mol. The number of hydrogen-bond acceptors (Lipinski definition) is 3. The number of ether oxygens (including phenoxy) is 1. The van der Waals surface area contributed by atoms with E-state index in [0.29, 0.717) is 6.54 Å². The Morgan fingerprint density at radius 2 is 1.67 bits per heavy atom. The third kappa shape index (κ3) is 5.21. The largest absolute Gasteiger partial charge is 0.457 e. The highest BCUT2D eigenvalue weighted by Gasteiger charge is 2.14. The van der Waals surface area contributed by atoms with Gasteiger partial charge < -0.3 is 15.2 Å². The molecule has 2 aromatic carbocycles. The topological polar surface area (TPSA) is 41.5 Å². The highest BCUT2D eigenvalue weighted by atomic mass is 16.5. The van der Waals surface area contributed by atoms with Gasteiger partial charge in [-0.3, -0.25) is 0 Å². The Bertz CT molecular complexity index is 561. The molecule has 2 N–H and O–H groups in total. The van der Waals surface area contributed by atoms with Crippen LogP contribution in [-0.4, -0.2) is 17.2 Å². The minimum Gasteiger partial charge on any atom is -0.457 e. The molecular weight excluding hydrogens is 262 g/mol. The first kappa shape index (κ1) is 15.5. The molecular formula is C18H23NO2. The van der Waals surface area contributed by atoms with Gasteiger partial charge in [0, 0.05) is 12.1 Å². The van der Waals surface area contributed by atoms with Gasteiger partial charge >= 0.3 is 0 Å². The van der Waals surface area contributed by atoms with E-state index in [4.69, 9.17) is 4.74 Å². The van der Waals surface area contributed by atoms with Crippen LogP contribution < -0.4 is 10.1 Å². The fourth-order valence-corrected chi connectivity index (χ4v) is 1.93. The van der Waals surface area contributed by atoms with Crippen LogP contribution in [0.1, 0.15) is 32.4 Å². The van der Waals surface area contributed by atoms with Crippen LogP contribution >= 0.6 is 0 Å². The van der Waals surface area contributed by atoms with Crippen molar-refractivity contribution in [1.82, 2.24) is 5.32 Å². The molecule has 21 heavy (non-hydrogen) atoms. The van der Waals surface area contributed by atoms with Gasteiger partial charge in [-0.25, -0.2) is 0 Å². The predicted molar refractivity (Wildman–Crippen MR) is 85.7 cm³/mol. The highest BCUT2D eigenvalue weighted by Crippen LogP contribution is 2.24. The lowest BCUT2D eigenvalue weighted by Gasteiger charge is -2.23. The summed E-state index contributed by atoms with van der Waals surface area (Å²) in [6, 6.07) is 17.2. The second kappa shape index (κ2) is 6.74. The number of para-hydroxylation sites is 1. The standard InChI is InChI=1S/C18H23NO2/c1-18(2,3)19-13-17(20)14-8-7-11-16(12-14)21-15-9-5-4-6-10-15/h4-12,17,19-20H,13H2,1-3H3. The minimum atomic E-state index is -0.552. The van der Waals surface area contributed by atoms with E-state index in [1.807, 2.05) is 54.6 Å². The normalized spacial score (nSPS) is 13.0. The molecule has 0 aliphatic rings. The lowest BCUT2D eigenvalue weighted by molar-refractivity contribution is 0.163. The Hall–Kier alpha value is -1.84. The fourth-order valence-electron chi connectivity index (χ4n) is 1.93. The van der Waals surface area contributed by atoms with Crippen LogP contribution in [0.5, 0.6) is 11.5 Å². The zero-order chi connectivity index (χ0) is 15.3. The smallest absolute Gasteiger partial charge is 0.127 e. The average molecular weight is 285 g/mol. The Morgan fingerprint density at radius 3 is 2.33 bits per heavy atom. The van der Waals surface area contributed by atoms with Crippen LogP contribution in [-0.2, 0) is 0 Å². The van der Waals surface area contributed by atoms with Crippen molar-refractivity contribution in [2.45, 2.75) is 32.4 Å². The van der Waals surface area contributed by atoms with Gasteiger partial charge in [0.05, 0.1) is 6.10 Å². The van der Waals surface area contributed by atoms with E-state index in [1.54, 1.807) is 0 Å². The molecule has 0 aliphatic heterocycles. The van der Waals surface area contributed by atoms with Gasteiger partial charge in [0.25, 0.3) is 0 Å². The first-order valence-corrected chi connectivity index (χ1v) is 7.20. The lowest BCUT2D eigenvalue weighted by Crippen LogP contribution is -2.38. The number of β-amino-alcohol motifs (C(OH)–C–C–N with tert-alkyl or cyclic N) is 1. The van der Waals surface area contributed by atoms with Crippen molar-refractivity contribution in [2.75, 3.05) is 6.54 Å². The van der Waals surface area contributed by atoms with E-state index >= 15 is 0 Å². The van der Waals surface area contributed by atoms with Crippen LogP contribution in [0.4, 0.5) is 0 Å². The molecule has 0 aromatic heterocycles. The summed E-state index contributed by atoms with van der Waals surface area (Å²) in [6.07, 6.45) is -0.552. The van der Waals surface area contributed by atoms with Crippen molar-refractivity contribution in [3.05, 3.63) is 60.2 Å². The third-order valence-electron chi connectivity index (χ3n) is 3.05. The maximum absolute atomic E-state index is 10.3. The van der Waals surface area contributed by atoms with Crippen LogP contribution in [0.2, 0.25) is 0 Å². The maximum Gasteiger partial charge on any atom is 0.127 e. The molecule has 0 spiro atoms. The van der Waals surface area contributed by atoms with Crippen molar-refractivity contribution in [2.24, 2.45) is 0 Å². The summed E-state index contributed by atoms with van der Waals surface area (Å²) >= 11 is 0. The third-order valence-corrected chi connectivity index (χ3v) is 3.05. The Balaban J connectivity index is 2.03. The summed E-state index contributed by atoms with van der Waals surface area (Å²) in [5.74, 6) is 1.52. The van der Waals surface area contributed by atoms with Gasteiger partial charge in [0.2, 0.25) is 0 Å². The Labute approximate surface area is 126 Å². The van der Waals surface area contributed by atoms with E-state index in [1.165, 1.54) is 0 Å². The summed E-state index contributed by atoms with van der Waals surface area (Å²) in [4.78, 5) is 0. The molecule has 112 valence electrons. The number of nitrogens with one attached hydrogen (secondary N) is 1. The molecule has 0 aliphatic carbocycles. The SMILES string of the molecule is CC(C)(C)NCC(O)c1cccc(Oc2ccccc2)c1. The van der Waals surface area contributed by atoms with E-state index in [9.17, 15) is 5.11 Å². The quantitative estimate of drug-likeness (QED) is 0.875. The van der Waals surface area contributed by atoms with Crippen molar-refractivity contribution >= 4 is 0 Å². The number of benzene rings is 2. The molecule has 0 fully saturated rings. The van der Waals surface area contributed by atoms with Gasteiger partial charge in [-0.05, 0) is 50.6 Å². The first-order valence-electron chi connectivity index (χ1n) is 7.20. The second-order valence-corrected chi connectivity index (χ2v) is 6.13. The fraction of sp³-hybridized carbons (Fsp3) is 0.333. The average Bonchev–Trinajstić information content (AvgIpc) is 2.45. The van der Waals surface area contributed by atoms with Gasteiger partial charge in [-0.2, -0.15) is 0 Å². The van der Waals surface area contributed by atoms with Gasteiger partial charge in [0.15, 0.2) is 0 Å². The van der Waals surface area contributed by atoms with Crippen LogP contribution in [0.25, 0.3) is 0 Å². The van der Waals surface area contributed by atoms with Crippen molar-refractivity contribution in [3.8, 4) is 11.5 Å². The summed E-state index contributed by atoms with van der Waals surface area (Å²) in [5.41, 5.74) is 0.833. The molecule has 2 rings (SSSR count). The van der Waals surface area contributed by atoms with E-state index < -0.39 is 6.10 Å². The molecule has 0 bridgehead atoms. The number of aliphatic hydroxyl groups excluding tert-OH is 1. The first-order chi connectivity index (χ1) is 9.94. The van der Waals surface area contributed by atoms with Crippen LogP contribution in [0.15, 0.2) is 54.6 Å². The van der Waals surface area contributed by atoms with Gasteiger partial charge in [0.1, 0.15) is 11.5 Å². The Morgan fingerprint density at radius 1 is 1.00 bits per heavy atom. The summed E-state index contributed by atoms with van der Waals surface area (Å²) in [5, 5.41) is 13.6. The number of rotatable bonds is 5. The zero-order valence-electron chi connectivity index (χ0n) is 12.8. The molecule has 0 amide bonds. The molecule has 3 heteroatoms. The van der Waals surface area contributed by atoms with Crippen LogP contribution in [0.3, 0.4) is 0 Å². The number of aliphatic hydroxyl groups is 1. The number of hydrogen-bond donors (Lipinski definition) is 2. The predicted octanol–water partition coefficient (Wildman–Crippen LogP) is 3.90. The van der Waals surface area contributed by atoms with Crippen molar-refractivity contribution in [3.63, 3.8) is 0 Å². The minimum absolute atomic E-state index is 0.0148. The molecule has 3 nitrogen and oxygen atoms in total. The lowest BCUT2D eigenvalue weighted by atomic mass is 10.1. The van der Waals surface area contributed by atoms with Crippen molar-refractivity contribution in [1.29, 1.82) is 0 Å². The van der Waals surface area contributed by atoms with Crippen molar-refractivity contribution < 1.29 is 9.84 Å². The van der Waals surface area contributed by atoms with E-state index in [-0.39, 0.29) is 5.54 Å². The second-order valence-electron chi connectivity index (χ2n) is 6.13. The summed E-state index contributed by atoms with van der Waals surface area (Å²) < 4.78 is 5.78. The highest BCUT2D eigenvalue weighted by molar-refractivity contribution is 5.34. The Kier molecular flexibility index (Phi) is 4.99. The molecule has 1 unspecified atom stereocenters. The molecule has 2 aromatic rings. The van der Waals surface area contributed by atoms with E-state index in [0.717, 1.165) is 17.1 Å². The van der Waals surface area contributed by atoms with Crippen LogP contribution in [0, 0.1) is 0 Å². The van der Waals surface area contributed by atoms with Gasteiger partial charge in [-0.1, -0.05) is 30.3 Å². The van der Waals surface area contributed by atoms with Gasteiger partial charge in [-0.15, -0.1) is 0 Å². The maximum atomic E-state index is 10.3. The molecule has 1 atom stereocenters. The van der Waals surface area contributed by atoms with E-state index in [2.05, 4.69) is 26.1 Å². The molecule has 0 saturated heterocycles.